The van der Waals surface area contributed by atoms with Gasteiger partial charge in [-0.1, -0.05) is 11.6 Å². The van der Waals surface area contributed by atoms with E-state index in [1.54, 1.807) is 0 Å². The molecule has 0 aliphatic carbocycles. The van der Waals surface area contributed by atoms with Crippen molar-refractivity contribution in [2.45, 2.75) is 19.0 Å². The second-order valence-electron chi connectivity index (χ2n) is 3.20. The first-order chi connectivity index (χ1) is 7.30. The van der Waals surface area contributed by atoms with Crippen molar-refractivity contribution in [1.82, 2.24) is 0 Å². The number of hydrogen-bond donors (Lipinski definition) is 1. The van der Waals surface area contributed by atoms with Gasteiger partial charge in [-0.05, 0) is 30.2 Å². The quantitative estimate of drug-likeness (QED) is 0.895. The number of aryl methyl sites for hydroxylation is 1. The molecule has 0 aromatic heterocycles. The number of alkyl halides is 3. The fourth-order valence-electron chi connectivity index (χ4n) is 1.18. The highest BCUT2D eigenvalue weighted by Gasteiger charge is 2.30. The molecule has 1 rings (SSSR count). The van der Waals surface area contributed by atoms with E-state index < -0.39 is 17.7 Å². The molecule has 16 heavy (non-hydrogen) atoms. The summed E-state index contributed by atoms with van der Waals surface area (Å²) >= 11 is 5.67. The summed E-state index contributed by atoms with van der Waals surface area (Å²) in [6.45, 7) is 0. The molecule has 0 aliphatic rings. The fraction of sp³-hybridized carbons (Fsp3) is 0.300. The van der Waals surface area contributed by atoms with Gasteiger partial charge in [-0.2, -0.15) is 13.2 Å². The lowest BCUT2D eigenvalue weighted by molar-refractivity contribution is -0.137. The minimum Gasteiger partial charge on any atom is -0.481 e. The van der Waals surface area contributed by atoms with E-state index in [-0.39, 0.29) is 23.4 Å². The summed E-state index contributed by atoms with van der Waals surface area (Å²) in [4.78, 5) is 10.3. The van der Waals surface area contributed by atoms with Crippen molar-refractivity contribution in [3.63, 3.8) is 0 Å². The summed E-state index contributed by atoms with van der Waals surface area (Å²) in [5.41, 5.74) is -0.629. The van der Waals surface area contributed by atoms with Gasteiger partial charge < -0.3 is 5.11 Å². The highest BCUT2D eigenvalue weighted by atomic mass is 35.5. The molecule has 0 saturated heterocycles. The maximum absolute atomic E-state index is 12.3. The van der Waals surface area contributed by atoms with Crippen LogP contribution in [0.4, 0.5) is 13.2 Å². The van der Waals surface area contributed by atoms with Crippen molar-refractivity contribution in [2.75, 3.05) is 0 Å². The molecule has 0 amide bonds. The lowest BCUT2D eigenvalue weighted by Gasteiger charge is -2.09. The van der Waals surface area contributed by atoms with Gasteiger partial charge in [0.25, 0.3) is 0 Å². The molecular formula is C10H8ClF3O2. The Morgan fingerprint density at radius 2 is 2.00 bits per heavy atom. The second-order valence-corrected chi connectivity index (χ2v) is 3.60. The largest absolute Gasteiger partial charge is 0.481 e. The van der Waals surface area contributed by atoms with Crippen molar-refractivity contribution in [2.24, 2.45) is 0 Å². The number of carbonyl (C=O) groups is 1. The zero-order valence-corrected chi connectivity index (χ0v) is 8.77. The average molecular weight is 253 g/mol. The lowest BCUT2D eigenvalue weighted by Crippen LogP contribution is -2.06. The Kier molecular flexibility index (Phi) is 3.80. The number of halogens is 4. The first-order valence-corrected chi connectivity index (χ1v) is 4.76. The van der Waals surface area contributed by atoms with Gasteiger partial charge in [0.05, 0.1) is 5.56 Å². The third-order valence-corrected chi connectivity index (χ3v) is 2.35. The third-order valence-electron chi connectivity index (χ3n) is 1.98. The Labute approximate surface area is 94.6 Å². The Bertz CT molecular complexity index is 402. The molecule has 6 heteroatoms. The number of rotatable bonds is 3. The Hall–Kier alpha value is -1.23. The van der Waals surface area contributed by atoms with E-state index in [0.717, 1.165) is 18.2 Å². The zero-order valence-electron chi connectivity index (χ0n) is 8.01. The molecule has 1 N–H and O–H groups in total. The lowest BCUT2D eigenvalue weighted by atomic mass is 10.1. The van der Waals surface area contributed by atoms with Crippen LogP contribution in [-0.2, 0) is 17.4 Å². The first-order valence-electron chi connectivity index (χ1n) is 4.38. The van der Waals surface area contributed by atoms with Crippen LogP contribution in [0.3, 0.4) is 0 Å². The highest BCUT2D eigenvalue weighted by molar-refractivity contribution is 6.31. The van der Waals surface area contributed by atoms with Gasteiger partial charge in [-0.25, -0.2) is 0 Å². The van der Waals surface area contributed by atoms with Gasteiger partial charge in [0.2, 0.25) is 0 Å². The molecule has 0 aliphatic heterocycles. The number of aliphatic carboxylic acids is 1. The number of benzene rings is 1. The van der Waals surface area contributed by atoms with Crippen LogP contribution in [-0.4, -0.2) is 11.1 Å². The smallest absolute Gasteiger partial charge is 0.416 e. The summed E-state index contributed by atoms with van der Waals surface area (Å²) in [5.74, 6) is -1.08. The average Bonchev–Trinajstić information content (AvgIpc) is 2.14. The van der Waals surface area contributed by atoms with Gasteiger partial charge in [0.15, 0.2) is 0 Å². The van der Waals surface area contributed by atoms with Crippen LogP contribution in [0.1, 0.15) is 17.5 Å². The molecule has 1 aromatic carbocycles. The highest BCUT2D eigenvalue weighted by Crippen LogP contribution is 2.32. The topological polar surface area (TPSA) is 37.3 Å². The van der Waals surface area contributed by atoms with Crippen molar-refractivity contribution in [3.8, 4) is 0 Å². The van der Waals surface area contributed by atoms with Gasteiger partial charge in [0, 0.05) is 11.4 Å². The maximum atomic E-state index is 12.3. The van der Waals surface area contributed by atoms with Gasteiger partial charge >= 0.3 is 12.1 Å². The zero-order chi connectivity index (χ0) is 12.3. The summed E-state index contributed by atoms with van der Waals surface area (Å²) in [7, 11) is 0. The minimum absolute atomic E-state index is 0.0158. The van der Waals surface area contributed by atoms with Crippen LogP contribution in [0.25, 0.3) is 0 Å². The van der Waals surface area contributed by atoms with E-state index in [2.05, 4.69) is 0 Å². The van der Waals surface area contributed by atoms with Crippen LogP contribution >= 0.6 is 11.6 Å². The summed E-state index contributed by atoms with van der Waals surface area (Å²) < 4.78 is 37.0. The SMILES string of the molecule is O=C(O)CCc1cc(C(F)(F)F)ccc1Cl. The van der Waals surface area contributed by atoms with Crippen LogP contribution < -0.4 is 0 Å². The van der Waals surface area contributed by atoms with Crippen LogP contribution in [0.2, 0.25) is 5.02 Å². The van der Waals surface area contributed by atoms with Crippen LogP contribution in [0, 0.1) is 0 Å². The van der Waals surface area contributed by atoms with Crippen molar-refractivity contribution in [1.29, 1.82) is 0 Å². The number of carboxylic acids is 1. The maximum Gasteiger partial charge on any atom is 0.416 e. The van der Waals surface area contributed by atoms with Crippen molar-refractivity contribution >= 4 is 17.6 Å². The molecule has 0 fully saturated rings. The van der Waals surface area contributed by atoms with Gasteiger partial charge in [0.1, 0.15) is 0 Å². The second kappa shape index (κ2) is 4.74. The summed E-state index contributed by atoms with van der Waals surface area (Å²) in [5, 5.41) is 8.58. The van der Waals surface area contributed by atoms with E-state index in [1.807, 2.05) is 0 Å². The molecule has 0 saturated carbocycles. The van der Waals surface area contributed by atoms with E-state index in [1.165, 1.54) is 0 Å². The van der Waals surface area contributed by atoms with Crippen LogP contribution in [0.5, 0.6) is 0 Å². The molecule has 0 heterocycles. The van der Waals surface area contributed by atoms with Crippen LogP contribution in [0.15, 0.2) is 18.2 Å². The molecule has 1 aromatic rings. The number of carboxylic acid groups (broad SMARTS) is 1. The van der Waals surface area contributed by atoms with E-state index in [0.29, 0.717) is 0 Å². The molecule has 0 radical (unpaired) electrons. The van der Waals surface area contributed by atoms with E-state index in [9.17, 15) is 18.0 Å². The Balaban J connectivity index is 2.95. The molecule has 0 bridgehead atoms. The van der Waals surface area contributed by atoms with Gasteiger partial charge in [-0.3, -0.25) is 4.79 Å². The third kappa shape index (κ3) is 3.41. The molecule has 2 nitrogen and oxygen atoms in total. The Morgan fingerprint density at radius 1 is 1.38 bits per heavy atom. The van der Waals surface area contributed by atoms with E-state index >= 15 is 0 Å². The first kappa shape index (κ1) is 12.8. The monoisotopic (exact) mass is 252 g/mol. The Morgan fingerprint density at radius 3 is 2.50 bits per heavy atom. The summed E-state index contributed by atoms with van der Waals surface area (Å²) in [6, 6.07) is 2.87. The molecule has 0 atom stereocenters. The molecular weight excluding hydrogens is 245 g/mol. The minimum atomic E-state index is -4.44. The van der Waals surface area contributed by atoms with Crippen molar-refractivity contribution in [3.05, 3.63) is 34.3 Å². The molecule has 0 spiro atoms. The molecule has 0 unspecified atom stereocenters. The van der Waals surface area contributed by atoms with Gasteiger partial charge in [-0.15, -0.1) is 0 Å². The fourth-order valence-corrected chi connectivity index (χ4v) is 1.40. The van der Waals surface area contributed by atoms with Crippen molar-refractivity contribution < 1.29 is 23.1 Å². The van der Waals surface area contributed by atoms with E-state index in [4.69, 9.17) is 16.7 Å². The predicted molar refractivity (Wildman–Crippen MR) is 52.4 cm³/mol. The standard InChI is InChI=1S/C10H8ClF3O2/c11-8-3-2-7(10(12,13)14)5-6(8)1-4-9(15)16/h2-3,5H,1,4H2,(H,15,16). The summed E-state index contributed by atoms with van der Waals surface area (Å²) in [6.07, 6.45) is -4.71. The normalized spacial score (nSPS) is 11.5. The molecule has 88 valence electrons. The predicted octanol–water partition coefficient (Wildman–Crippen LogP) is 3.38. The number of hydrogen-bond acceptors (Lipinski definition) is 1.